The summed E-state index contributed by atoms with van der Waals surface area (Å²) in [7, 11) is 3.62. The van der Waals surface area contributed by atoms with E-state index in [0.29, 0.717) is 11.5 Å². The second-order valence-corrected chi connectivity index (χ2v) is 8.40. The molecule has 4 atom stereocenters. The number of fused-ring (bicyclic) bond motifs is 1. The van der Waals surface area contributed by atoms with Gasteiger partial charge in [-0.25, -0.2) is 14.8 Å². The minimum Gasteiger partial charge on any atom is -0.371 e. The third-order valence-electron chi connectivity index (χ3n) is 5.36. The van der Waals surface area contributed by atoms with Crippen LogP contribution in [0, 0.1) is 0 Å². The predicted octanol–water partition coefficient (Wildman–Crippen LogP) is -0.717. The van der Waals surface area contributed by atoms with Crippen LogP contribution in [0.2, 0.25) is 0 Å². The van der Waals surface area contributed by atoms with Gasteiger partial charge in [-0.3, -0.25) is 19.1 Å². The number of carbonyl (C=O) groups excluding carboxylic acids is 1. The lowest BCUT2D eigenvalue weighted by molar-refractivity contribution is -0.153. The SMILES string of the molecule is CN(C)c1ncc(C(=O)NC[C@H]2OC[C@@H](n3ccc(=O)[nH]c3=O)[C@@H]3OC(C)(C)O[C@@H]32)cn1. The Kier molecular flexibility index (Phi) is 5.84. The fourth-order valence-electron chi connectivity index (χ4n) is 3.88. The Bertz CT molecular complexity index is 1090. The van der Waals surface area contributed by atoms with E-state index < -0.39 is 41.4 Å². The molecule has 4 heterocycles. The highest BCUT2D eigenvalue weighted by molar-refractivity contribution is 5.93. The van der Waals surface area contributed by atoms with Crippen molar-refractivity contribution >= 4 is 11.9 Å². The summed E-state index contributed by atoms with van der Waals surface area (Å²) in [6, 6.07) is 0.776. The van der Waals surface area contributed by atoms with Crippen LogP contribution < -0.4 is 21.5 Å². The van der Waals surface area contributed by atoms with E-state index in [-0.39, 0.29) is 19.1 Å². The first-order valence-corrected chi connectivity index (χ1v) is 10.2. The summed E-state index contributed by atoms with van der Waals surface area (Å²) < 4.78 is 19.5. The minimum atomic E-state index is -0.898. The molecule has 0 aromatic carbocycles. The number of aromatic nitrogens is 4. The van der Waals surface area contributed by atoms with Gasteiger partial charge in [-0.15, -0.1) is 0 Å². The van der Waals surface area contributed by atoms with Crippen LogP contribution in [0.15, 0.2) is 34.2 Å². The van der Waals surface area contributed by atoms with Crippen LogP contribution in [0.5, 0.6) is 0 Å². The van der Waals surface area contributed by atoms with Crippen molar-refractivity contribution in [1.29, 1.82) is 0 Å². The molecule has 0 aliphatic carbocycles. The molecule has 0 spiro atoms. The van der Waals surface area contributed by atoms with Crippen molar-refractivity contribution in [2.24, 2.45) is 0 Å². The van der Waals surface area contributed by atoms with Gasteiger partial charge in [0.15, 0.2) is 5.79 Å². The molecule has 32 heavy (non-hydrogen) atoms. The smallest absolute Gasteiger partial charge is 0.328 e. The number of hydrogen-bond acceptors (Lipinski definition) is 9. The molecule has 4 rings (SSSR count). The van der Waals surface area contributed by atoms with Crippen LogP contribution in [0.4, 0.5) is 5.95 Å². The van der Waals surface area contributed by atoms with Crippen molar-refractivity contribution in [2.45, 2.75) is 44.0 Å². The molecule has 2 aromatic rings. The van der Waals surface area contributed by atoms with Gasteiger partial charge < -0.3 is 24.4 Å². The molecule has 2 N–H and O–H groups in total. The van der Waals surface area contributed by atoms with Gasteiger partial charge in [-0.1, -0.05) is 0 Å². The van der Waals surface area contributed by atoms with Crippen molar-refractivity contribution < 1.29 is 19.0 Å². The minimum absolute atomic E-state index is 0.147. The van der Waals surface area contributed by atoms with Crippen LogP contribution in [-0.2, 0) is 14.2 Å². The van der Waals surface area contributed by atoms with Crippen LogP contribution >= 0.6 is 0 Å². The first-order valence-electron chi connectivity index (χ1n) is 10.2. The second kappa shape index (κ2) is 8.45. The molecule has 12 nitrogen and oxygen atoms in total. The van der Waals surface area contributed by atoms with E-state index in [2.05, 4.69) is 20.3 Å². The van der Waals surface area contributed by atoms with Crippen LogP contribution in [0.3, 0.4) is 0 Å². The normalized spacial score (nSPS) is 26.4. The summed E-state index contributed by atoms with van der Waals surface area (Å²) in [6.07, 6.45) is 2.79. The van der Waals surface area contributed by atoms with Gasteiger partial charge in [0.2, 0.25) is 5.95 Å². The number of anilines is 1. The van der Waals surface area contributed by atoms with Gasteiger partial charge in [0, 0.05) is 45.3 Å². The van der Waals surface area contributed by atoms with Crippen molar-refractivity contribution in [1.82, 2.24) is 24.8 Å². The molecular formula is C20H26N6O6. The summed E-state index contributed by atoms with van der Waals surface area (Å²) in [5.74, 6) is -0.736. The zero-order valence-corrected chi connectivity index (χ0v) is 18.3. The van der Waals surface area contributed by atoms with Crippen molar-refractivity contribution in [2.75, 3.05) is 32.1 Å². The lowest BCUT2D eigenvalue weighted by Gasteiger charge is -2.37. The molecule has 172 valence electrons. The molecule has 2 aliphatic heterocycles. The Morgan fingerprint density at radius 3 is 2.59 bits per heavy atom. The Hall–Kier alpha value is -3.09. The van der Waals surface area contributed by atoms with E-state index in [1.165, 1.54) is 29.2 Å². The van der Waals surface area contributed by atoms with E-state index in [9.17, 15) is 14.4 Å². The fourth-order valence-corrected chi connectivity index (χ4v) is 3.88. The summed E-state index contributed by atoms with van der Waals surface area (Å²) in [5.41, 5.74) is -0.706. The number of hydrogen-bond donors (Lipinski definition) is 2. The van der Waals surface area contributed by atoms with E-state index in [1.54, 1.807) is 18.7 Å². The van der Waals surface area contributed by atoms with Gasteiger partial charge in [0.05, 0.1) is 18.2 Å². The van der Waals surface area contributed by atoms with Crippen LogP contribution in [0.1, 0.15) is 30.2 Å². The maximum Gasteiger partial charge on any atom is 0.328 e. The highest BCUT2D eigenvalue weighted by Crippen LogP contribution is 2.39. The van der Waals surface area contributed by atoms with Gasteiger partial charge >= 0.3 is 5.69 Å². The van der Waals surface area contributed by atoms with Gasteiger partial charge in [0.1, 0.15) is 18.3 Å². The molecule has 0 saturated carbocycles. The molecule has 1 amide bonds. The lowest BCUT2D eigenvalue weighted by Crippen LogP contribution is -2.54. The van der Waals surface area contributed by atoms with Crippen LogP contribution in [-0.4, -0.2) is 76.8 Å². The Labute approximate surface area is 183 Å². The van der Waals surface area contributed by atoms with Gasteiger partial charge in [-0.05, 0) is 13.8 Å². The fraction of sp³-hybridized carbons (Fsp3) is 0.550. The number of ether oxygens (including phenoxy) is 3. The maximum atomic E-state index is 12.5. The monoisotopic (exact) mass is 446 g/mol. The summed E-state index contributed by atoms with van der Waals surface area (Å²) in [5, 5.41) is 2.82. The molecule has 0 radical (unpaired) electrons. The van der Waals surface area contributed by atoms with Crippen molar-refractivity contribution in [3.8, 4) is 0 Å². The standard InChI is InChI=1S/C20H26N6O6/c1-20(2)31-15-12(26-6-5-14(27)24-19(26)29)10-30-13(16(15)32-20)9-21-17(28)11-7-22-18(23-8-11)25(3)4/h5-8,12-13,15-16H,9-10H2,1-4H3,(H,21,28)(H,24,27,29)/t12-,13-,15+,16-/m1/s1. The molecule has 2 aliphatic rings. The number of aromatic amines is 1. The van der Waals surface area contributed by atoms with E-state index in [1.807, 2.05) is 14.1 Å². The average molecular weight is 446 g/mol. The summed E-state index contributed by atoms with van der Waals surface area (Å²) in [6.45, 7) is 3.87. The third kappa shape index (κ3) is 4.42. The molecular weight excluding hydrogens is 420 g/mol. The molecule has 2 aromatic heterocycles. The topological polar surface area (TPSA) is 141 Å². The number of nitrogens with one attached hydrogen (secondary N) is 2. The first-order chi connectivity index (χ1) is 15.1. The third-order valence-corrected chi connectivity index (χ3v) is 5.36. The predicted molar refractivity (Wildman–Crippen MR) is 113 cm³/mol. The van der Waals surface area contributed by atoms with E-state index >= 15 is 0 Å². The van der Waals surface area contributed by atoms with Gasteiger partial charge in [-0.2, -0.15) is 0 Å². The number of carbonyl (C=O) groups is 1. The second-order valence-electron chi connectivity index (χ2n) is 8.40. The van der Waals surface area contributed by atoms with E-state index in [0.717, 1.165) is 0 Å². The highest BCUT2D eigenvalue weighted by Gasteiger charge is 2.52. The van der Waals surface area contributed by atoms with Crippen molar-refractivity contribution in [3.63, 3.8) is 0 Å². The lowest BCUT2D eigenvalue weighted by atomic mass is 9.97. The highest BCUT2D eigenvalue weighted by atomic mass is 16.8. The Morgan fingerprint density at radius 1 is 1.25 bits per heavy atom. The molecule has 0 unspecified atom stereocenters. The number of rotatable bonds is 5. The molecule has 2 fully saturated rings. The number of nitrogens with zero attached hydrogens (tertiary/aromatic N) is 4. The van der Waals surface area contributed by atoms with Crippen molar-refractivity contribution in [3.05, 3.63) is 51.1 Å². The number of amides is 1. The average Bonchev–Trinajstić information content (AvgIpc) is 3.07. The zero-order valence-electron chi connectivity index (χ0n) is 18.3. The summed E-state index contributed by atoms with van der Waals surface area (Å²) >= 11 is 0. The quantitative estimate of drug-likeness (QED) is 0.609. The van der Waals surface area contributed by atoms with Gasteiger partial charge in [0.25, 0.3) is 11.5 Å². The zero-order chi connectivity index (χ0) is 23.0. The molecule has 2 saturated heterocycles. The largest absolute Gasteiger partial charge is 0.371 e. The van der Waals surface area contributed by atoms with Crippen LogP contribution in [0.25, 0.3) is 0 Å². The maximum absolute atomic E-state index is 12.5. The summed E-state index contributed by atoms with van der Waals surface area (Å²) in [4.78, 5) is 48.5. The molecule has 0 bridgehead atoms. The number of H-pyrrole nitrogens is 1. The van der Waals surface area contributed by atoms with E-state index in [4.69, 9.17) is 14.2 Å². The molecule has 12 heteroatoms. The Balaban J connectivity index is 1.47. The Morgan fingerprint density at radius 2 is 1.94 bits per heavy atom. The first kappa shape index (κ1) is 22.1.